The lowest BCUT2D eigenvalue weighted by molar-refractivity contribution is 0.326. The minimum Gasteiger partial charge on any atom is -0.477 e. The summed E-state index contributed by atoms with van der Waals surface area (Å²) < 4.78 is 5.22. The van der Waals surface area contributed by atoms with Gasteiger partial charge in [0.25, 0.3) is 0 Å². The highest BCUT2D eigenvalue weighted by atomic mass is 35.5. The molecule has 1 heterocycles. The summed E-state index contributed by atoms with van der Waals surface area (Å²) in [6.45, 7) is 2.49. The Morgan fingerprint density at radius 1 is 1.67 bits per heavy atom. The van der Waals surface area contributed by atoms with Gasteiger partial charge in [-0.05, 0) is 19.2 Å². The molecular formula is C8H10ClNOS. The molecule has 4 heteroatoms. The van der Waals surface area contributed by atoms with Gasteiger partial charge in [-0.15, -0.1) is 11.8 Å². The van der Waals surface area contributed by atoms with E-state index in [1.165, 1.54) is 0 Å². The molecule has 0 N–H and O–H groups in total. The van der Waals surface area contributed by atoms with Gasteiger partial charge in [0.1, 0.15) is 5.02 Å². The highest BCUT2D eigenvalue weighted by molar-refractivity contribution is 7.98. The average molecular weight is 204 g/mol. The van der Waals surface area contributed by atoms with E-state index in [0.29, 0.717) is 17.5 Å². The second-order valence-electron chi connectivity index (χ2n) is 2.07. The second kappa shape index (κ2) is 4.58. The lowest BCUT2D eigenvalue weighted by Gasteiger charge is -2.05. The van der Waals surface area contributed by atoms with E-state index in [1.54, 1.807) is 18.0 Å². The van der Waals surface area contributed by atoms with E-state index < -0.39 is 0 Å². The van der Waals surface area contributed by atoms with E-state index in [4.69, 9.17) is 16.3 Å². The van der Waals surface area contributed by atoms with Crippen LogP contribution in [0.5, 0.6) is 5.88 Å². The molecule has 0 amide bonds. The molecule has 1 aromatic heterocycles. The summed E-state index contributed by atoms with van der Waals surface area (Å²) in [7, 11) is 0. The zero-order chi connectivity index (χ0) is 8.97. The van der Waals surface area contributed by atoms with E-state index >= 15 is 0 Å². The Kier molecular flexibility index (Phi) is 3.69. The van der Waals surface area contributed by atoms with E-state index in [2.05, 4.69) is 4.98 Å². The average Bonchev–Trinajstić information content (AvgIpc) is 2.09. The maximum absolute atomic E-state index is 5.98. The van der Waals surface area contributed by atoms with Crippen molar-refractivity contribution >= 4 is 23.4 Å². The van der Waals surface area contributed by atoms with Crippen LogP contribution in [-0.4, -0.2) is 17.8 Å². The Balaban J connectivity index is 2.97. The van der Waals surface area contributed by atoms with Crippen molar-refractivity contribution in [2.45, 2.75) is 11.8 Å². The molecule has 0 saturated carbocycles. The molecule has 0 radical (unpaired) electrons. The molecule has 66 valence electrons. The Bertz CT molecular complexity index is 267. The second-order valence-corrected chi connectivity index (χ2v) is 3.29. The summed E-state index contributed by atoms with van der Waals surface area (Å²) in [5.74, 6) is 0.519. The third-order valence-electron chi connectivity index (χ3n) is 1.32. The van der Waals surface area contributed by atoms with E-state index in [9.17, 15) is 0 Å². The van der Waals surface area contributed by atoms with Gasteiger partial charge in [0.15, 0.2) is 0 Å². The molecule has 0 aliphatic carbocycles. The third kappa shape index (κ3) is 2.05. The number of ether oxygens (including phenoxy) is 1. The van der Waals surface area contributed by atoms with E-state index in [-0.39, 0.29) is 0 Å². The van der Waals surface area contributed by atoms with Gasteiger partial charge in [0, 0.05) is 11.1 Å². The first-order valence-electron chi connectivity index (χ1n) is 3.61. The first-order valence-corrected chi connectivity index (χ1v) is 5.21. The fourth-order valence-electron chi connectivity index (χ4n) is 0.803. The van der Waals surface area contributed by atoms with Gasteiger partial charge in [0.05, 0.1) is 6.61 Å². The van der Waals surface area contributed by atoms with Crippen LogP contribution in [0.15, 0.2) is 17.2 Å². The zero-order valence-electron chi connectivity index (χ0n) is 7.00. The van der Waals surface area contributed by atoms with Crippen molar-refractivity contribution in [2.75, 3.05) is 12.9 Å². The van der Waals surface area contributed by atoms with Crippen molar-refractivity contribution in [3.05, 3.63) is 17.3 Å². The highest BCUT2D eigenvalue weighted by Gasteiger charge is 2.06. The van der Waals surface area contributed by atoms with Gasteiger partial charge in [-0.1, -0.05) is 11.6 Å². The zero-order valence-corrected chi connectivity index (χ0v) is 8.58. The molecule has 0 unspecified atom stereocenters. The molecule has 0 saturated heterocycles. The standard InChI is InChI=1S/C8H10ClNOS/c1-3-11-8-7(9)6(12-2)4-5-10-8/h4-5H,3H2,1-2H3. The molecule has 0 aromatic carbocycles. The van der Waals surface area contributed by atoms with Crippen molar-refractivity contribution < 1.29 is 4.74 Å². The van der Waals surface area contributed by atoms with Crippen LogP contribution in [0.2, 0.25) is 5.02 Å². The van der Waals surface area contributed by atoms with Gasteiger partial charge in [-0.3, -0.25) is 0 Å². The van der Waals surface area contributed by atoms with Crippen molar-refractivity contribution in [2.24, 2.45) is 0 Å². The molecule has 1 aromatic rings. The highest BCUT2D eigenvalue weighted by Crippen LogP contribution is 2.31. The van der Waals surface area contributed by atoms with Crippen LogP contribution in [-0.2, 0) is 0 Å². The largest absolute Gasteiger partial charge is 0.477 e. The number of thioether (sulfide) groups is 1. The fraction of sp³-hybridized carbons (Fsp3) is 0.375. The number of halogens is 1. The Labute approximate surface area is 81.3 Å². The van der Waals surface area contributed by atoms with Crippen LogP contribution in [0, 0.1) is 0 Å². The maximum atomic E-state index is 5.98. The minimum absolute atomic E-state index is 0.519. The smallest absolute Gasteiger partial charge is 0.233 e. The number of aromatic nitrogens is 1. The van der Waals surface area contributed by atoms with Crippen LogP contribution in [0.4, 0.5) is 0 Å². The molecule has 0 fully saturated rings. The van der Waals surface area contributed by atoms with Crippen LogP contribution in [0.3, 0.4) is 0 Å². The molecule has 0 aliphatic heterocycles. The molecule has 0 spiro atoms. The molecular weight excluding hydrogens is 194 g/mol. The van der Waals surface area contributed by atoms with Crippen LogP contribution in [0.1, 0.15) is 6.92 Å². The van der Waals surface area contributed by atoms with Gasteiger partial charge in [0.2, 0.25) is 5.88 Å². The monoisotopic (exact) mass is 203 g/mol. The lowest BCUT2D eigenvalue weighted by Crippen LogP contribution is -1.95. The Morgan fingerprint density at radius 2 is 2.42 bits per heavy atom. The molecule has 2 nitrogen and oxygen atoms in total. The first kappa shape index (κ1) is 9.68. The summed E-state index contributed by atoms with van der Waals surface area (Å²) in [5, 5.41) is 0.604. The van der Waals surface area contributed by atoms with Crippen LogP contribution >= 0.6 is 23.4 Å². The summed E-state index contributed by atoms with van der Waals surface area (Å²) in [6, 6.07) is 1.87. The molecule has 12 heavy (non-hydrogen) atoms. The van der Waals surface area contributed by atoms with Crippen molar-refractivity contribution in [3.8, 4) is 5.88 Å². The van der Waals surface area contributed by atoms with Crippen LogP contribution in [0.25, 0.3) is 0 Å². The third-order valence-corrected chi connectivity index (χ3v) is 2.58. The molecule has 0 aliphatic rings. The Hall–Kier alpha value is -0.410. The van der Waals surface area contributed by atoms with Gasteiger partial charge < -0.3 is 4.74 Å². The predicted molar refractivity (Wildman–Crippen MR) is 52.2 cm³/mol. The lowest BCUT2D eigenvalue weighted by atomic mass is 10.5. The SMILES string of the molecule is CCOc1nccc(SC)c1Cl. The summed E-state index contributed by atoms with van der Waals surface area (Å²) in [5.41, 5.74) is 0. The summed E-state index contributed by atoms with van der Waals surface area (Å²) in [6.07, 6.45) is 3.67. The summed E-state index contributed by atoms with van der Waals surface area (Å²) >= 11 is 7.56. The topological polar surface area (TPSA) is 22.1 Å². The quantitative estimate of drug-likeness (QED) is 0.706. The maximum Gasteiger partial charge on any atom is 0.233 e. The van der Waals surface area contributed by atoms with E-state index in [1.807, 2.05) is 19.2 Å². The number of nitrogens with zero attached hydrogens (tertiary/aromatic N) is 1. The number of pyridine rings is 1. The summed E-state index contributed by atoms with van der Waals surface area (Å²) in [4.78, 5) is 5.00. The number of rotatable bonds is 3. The van der Waals surface area contributed by atoms with Crippen molar-refractivity contribution in [3.63, 3.8) is 0 Å². The molecule has 0 bridgehead atoms. The Morgan fingerprint density at radius 3 is 3.00 bits per heavy atom. The van der Waals surface area contributed by atoms with Crippen molar-refractivity contribution in [1.29, 1.82) is 0 Å². The first-order chi connectivity index (χ1) is 5.79. The molecule has 0 atom stereocenters. The van der Waals surface area contributed by atoms with Crippen LogP contribution < -0.4 is 4.74 Å². The fourth-order valence-corrected chi connectivity index (χ4v) is 1.66. The van der Waals surface area contributed by atoms with Gasteiger partial charge in [-0.25, -0.2) is 4.98 Å². The molecule has 1 rings (SSSR count). The van der Waals surface area contributed by atoms with Gasteiger partial charge in [-0.2, -0.15) is 0 Å². The van der Waals surface area contributed by atoms with Crippen molar-refractivity contribution in [1.82, 2.24) is 4.98 Å². The predicted octanol–water partition coefficient (Wildman–Crippen LogP) is 2.86. The minimum atomic E-state index is 0.519. The number of hydrogen-bond donors (Lipinski definition) is 0. The normalized spacial score (nSPS) is 9.92. The van der Waals surface area contributed by atoms with Gasteiger partial charge >= 0.3 is 0 Å². The number of hydrogen-bond acceptors (Lipinski definition) is 3. The van der Waals surface area contributed by atoms with E-state index in [0.717, 1.165) is 4.90 Å².